The van der Waals surface area contributed by atoms with Gasteiger partial charge >= 0.3 is 0 Å². The third-order valence-corrected chi connectivity index (χ3v) is 2.82. The fourth-order valence-electron chi connectivity index (χ4n) is 1.99. The Morgan fingerprint density at radius 1 is 1.36 bits per heavy atom. The number of rotatable bonds is 1. The zero-order valence-electron chi connectivity index (χ0n) is 7.88. The summed E-state index contributed by atoms with van der Waals surface area (Å²) in [6, 6.07) is 0.707. The lowest BCUT2D eigenvalue weighted by Gasteiger charge is -2.39. The van der Waals surface area contributed by atoms with Crippen LogP contribution in [0.2, 0.25) is 0 Å². The molecule has 1 heterocycles. The van der Waals surface area contributed by atoms with Gasteiger partial charge in [0.15, 0.2) is 0 Å². The zero-order valence-corrected chi connectivity index (χ0v) is 7.88. The van der Waals surface area contributed by atoms with Crippen molar-refractivity contribution in [1.29, 1.82) is 0 Å². The molecule has 2 unspecified atom stereocenters. The Hall–Kier alpha value is -0.0800. The number of hydrogen-bond donors (Lipinski definition) is 1. The third-order valence-electron chi connectivity index (χ3n) is 2.82. The van der Waals surface area contributed by atoms with Crippen LogP contribution >= 0.6 is 0 Å². The molecule has 0 aromatic carbocycles. The smallest absolute Gasteiger partial charge is 0.0571 e. The molecule has 1 aliphatic heterocycles. The fraction of sp³-hybridized carbons (Fsp3) is 1.00. The van der Waals surface area contributed by atoms with Gasteiger partial charge in [-0.25, -0.2) is 0 Å². The van der Waals surface area contributed by atoms with Crippen LogP contribution in [-0.2, 0) is 0 Å². The number of piperidine rings is 1. The Balaban J connectivity index is 2.51. The van der Waals surface area contributed by atoms with Crippen LogP contribution in [0.5, 0.6) is 0 Å². The van der Waals surface area contributed by atoms with E-state index in [1.807, 2.05) is 0 Å². The van der Waals surface area contributed by atoms with Crippen LogP contribution in [0, 0.1) is 5.92 Å². The number of likely N-dealkylation sites (tertiary alicyclic amines) is 1. The molecule has 0 aromatic heterocycles. The second kappa shape index (κ2) is 3.55. The van der Waals surface area contributed by atoms with E-state index in [9.17, 15) is 0 Å². The quantitative estimate of drug-likeness (QED) is 0.622. The summed E-state index contributed by atoms with van der Waals surface area (Å²) in [5.41, 5.74) is 5.93. The van der Waals surface area contributed by atoms with Crippen LogP contribution in [0.15, 0.2) is 0 Å². The molecule has 11 heavy (non-hydrogen) atoms. The van der Waals surface area contributed by atoms with Gasteiger partial charge in [0.2, 0.25) is 0 Å². The SMILES string of the molecule is CC(C)C1CCCC(N)N1C. The molecule has 0 aromatic rings. The number of nitrogens with zero attached hydrogens (tertiary/aromatic N) is 1. The van der Waals surface area contributed by atoms with Gasteiger partial charge in [-0.05, 0) is 32.2 Å². The first-order valence-electron chi connectivity index (χ1n) is 4.60. The van der Waals surface area contributed by atoms with Crippen LogP contribution < -0.4 is 5.73 Å². The molecule has 0 aliphatic carbocycles. The first-order chi connectivity index (χ1) is 5.13. The minimum absolute atomic E-state index is 0.302. The summed E-state index contributed by atoms with van der Waals surface area (Å²) in [4.78, 5) is 2.33. The normalized spacial score (nSPS) is 34.6. The van der Waals surface area contributed by atoms with Gasteiger partial charge in [-0.15, -0.1) is 0 Å². The average molecular weight is 156 g/mol. The topological polar surface area (TPSA) is 29.3 Å². The molecular formula is C9H20N2. The van der Waals surface area contributed by atoms with E-state index in [0.29, 0.717) is 12.2 Å². The lowest BCUT2D eigenvalue weighted by atomic mass is 9.92. The maximum atomic E-state index is 5.93. The van der Waals surface area contributed by atoms with Crippen molar-refractivity contribution in [3.8, 4) is 0 Å². The van der Waals surface area contributed by atoms with E-state index in [4.69, 9.17) is 5.73 Å². The third kappa shape index (κ3) is 1.94. The highest BCUT2D eigenvalue weighted by Gasteiger charge is 2.26. The van der Waals surface area contributed by atoms with Gasteiger partial charge in [0.05, 0.1) is 6.17 Å². The lowest BCUT2D eigenvalue weighted by molar-refractivity contribution is 0.0872. The maximum absolute atomic E-state index is 5.93. The largest absolute Gasteiger partial charge is 0.316 e. The number of nitrogens with two attached hydrogens (primary N) is 1. The second-order valence-electron chi connectivity index (χ2n) is 3.98. The molecule has 0 amide bonds. The van der Waals surface area contributed by atoms with E-state index in [1.54, 1.807) is 0 Å². The summed E-state index contributed by atoms with van der Waals surface area (Å²) in [5.74, 6) is 0.742. The Bertz CT molecular complexity index is 123. The minimum atomic E-state index is 0.302. The minimum Gasteiger partial charge on any atom is -0.316 e. The highest BCUT2D eigenvalue weighted by atomic mass is 15.2. The molecule has 0 bridgehead atoms. The van der Waals surface area contributed by atoms with Gasteiger partial charge in [0.25, 0.3) is 0 Å². The van der Waals surface area contributed by atoms with Crippen molar-refractivity contribution in [1.82, 2.24) is 4.90 Å². The zero-order chi connectivity index (χ0) is 8.43. The summed E-state index contributed by atoms with van der Waals surface area (Å²) >= 11 is 0. The molecule has 2 nitrogen and oxygen atoms in total. The van der Waals surface area contributed by atoms with E-state index < -0.39 is 0 Å². The lowest BCUT2D eigenvalue weighted by Crippen LogP contribution is -2.50. The maximum Gasteiger partial charge on any atom is 0.0571 e. The molecule has 1 rings (SSSR count). The van der Waals surface area contributed by atoms with Crippen molar-refractivity contribution < 1.29 is 0 Å². The highest BCUT2D eigenvalue weighted by molar-refractivity contribution is 4.80. The van der Waals surface area contributed by atoms with E-state index in [2.05, 4.69) is 25.8 Å². The monoisotopic (exact) mass is 156 g/mol. The molecule has 2 N–H and O–H groups in total. The highest BCUT2D eigenvalue weighted by Crippen LogP contribution is 2.23. The van der Waals surface area contributed by atoms with E-state index >= 15 is 0 Å². The average Bonchev–Trinajstić information content (AvgIpc) is 1.94. The molecular weight excluding hydrogens is 136 g/mol. The Morgan fingerprint density at radius 3 is 2.45 bits per heavy atom. The molecule has 2 heteroatoms. The molecule has 66 valence electrons. The van der Waals surface area contributed by atoms with Crippen molar-refractivity contribution in [2.24, 2.45) is 11.7 Å². The molecule has 0 saturated carbocycles. The molecule has 2 atom stereocenters. The summed E-state index contributed by atoms with van der Waals surface area (Å²) in [6.07, 6.45) is 4.09. The summed E-state index contributed by atoms with van der Waals surface area (Å²) in [7, 11) is 2.15. The van der Waals surface area contributed by atoms with Crippen molar-refractivity contribution >= 4 is 0 Å². The van der Waals surface area contributed by atoms with Gasteiger partial charge in [-0.1, -0.05) is 13.8 Å². The van der Waals surface area contributed by atoms with Crippen LogP contribution in [-0.4, -0.2) is 24.2 Å². The van der Waals surface area contributed by atoms with Gasteiger partial charge in [-0.3, -0.25) is 4.90 Å². The summed E-state index contributed by atoms with van der Waals surface area (Å²) in [5, 5.41) is 0. The van der Waals surface area contributed by atoms with E-state index in [-0.39, 0.29) is 0 Å². The standard InChI is InChI=1S/C9H20N2/c1-7(2)8-5-4-6-9(10)11(8)3/h7-9H,4-6,10H2,1-3H3. The number of hydrogen-bond acceptors (Lipinski definition) is 2. The molecule has 0 radical (unpaired) electrons. The Kier molecular flexibility index (Phi) is 2.90. The first kappa shape index (κ1) is 9.01. The summed E-state index contributed by atoms with van der Waals surface area (Å²) < 4.78 is 0. The van der Waals surface area contributed by atoms with Crippen LogP contribution in [0.4, 0.5) is 0 Å². The van der Waals surface area contributed by atoms with Crippen molar-refractivity contribution in [2.45, 2.75) is 45.3 Å². The van der Waals surface area contributed by atoms with Crippen molar-refractivity contribution in [3.63, 3.8) is 0 Å². The predicted molar refractivity (Wildman–Crippen MR) is 48.2 cm³/mol. The molecule has 1 saturated heterocycles. The Labute approximate surface area is 69.8 Å². The van der Waals surface area contributed by atoms with E-state index in [1.165, 1.54) is 19.3 Å². The van der Waals surface area contributed by atoms with Gasteiger partial charge in [-0.2, -0.15) is 0 Å². The fourth-order valence-corrected chi connectivity index (χ4v) is 1.99. The van der Waals surface area contributed by atoms with Crippen LogP contribution in [0.3, 0.4) is 0 Å². The van der Waals surface area contributed by atoms with Crippen molar-refractivity contribution in [2.75, 3.05) is 7.05 Å². The van der Waals surface area contributed by atoms with Gasteiger partial charge < -0.3 is 5.73 Å². The first-order valence-corrected chi connectivity index (χ1v) is 4.60. The Morgan fingerprint density at radius 2 is 2.00 bits per heavy atom. The van der Waals surface area contributed by atoms with Crippen molar-refractivity contribution in [3.05, 3.63) is 0 Å². The summed E-state index contributed by atoms with van der Waals surface area (Å²) in [6.45, 7) is 4.55. The molecule has 1 fully saturated rings. The van der Waals surface area contributed by atoms with Gasteiger partial charge in [0, 0.05) is 6.04 Å². The second-order valence-corrected chi connectivity index (χ2v) is 3.98. The molecule has 1 aliphatic rings. The van der Waals surface area contributed by atoms with Crippen LogP contribution in [0.25, 0.3) is 0 Å². The molecule has 0 spiro atoms. The predicted octanol–water partition coefficient (Wildman–Crippen LogP) is 1.41. The van der Waals surface area contributed by atoms with Crippen LogP contribution in [0.1, 0.15) is 33.1 Å². The van der Waals surface area contributed by atoms with E-state index in [0.717, 1.165) is 5.92 Å². The van der Waals surface area contributed by atoms with Gasteiger partial charge in [0.1, 0.15) is 0 Å².